The molecule has 1 aliphatic heterocycles. The van der Waals surface area contributed by atoms with Crippen molar-refractivity contribution in [2.75, 3.05) is 0 Å². The molecule has 1 aromatic carbocycles. The summed E-state index contributed by atoms with van der Waals surface area (Å²) in [5, 5.41) is 6.79. The zero-order valence-electron chi connectivity index (χ0n) is 13.6. The lowest BCUT2D eigenvalue weighted by atomic mass is 9.79. The first-order chi connectivity index (χ1) is 10.2. The quantitative estimate of drug-likeness (QED) is 0.895. The van der Waals surface area contributed by atoms with Crippen LogP contribution >= 0.6 is 0 Å². The van der Waals surface area contributed by atoms with E-state index in [1.165, 1.54) is 6.39 Å². The molecule has 0 saturated carbocycles. The molecule has 3 rings (SSSR count). The van der Waals surface area contributed by atoms with Crippen LogP contribution in [0.2, 0.25) is 0 Å². The standard InChI is InChI=1S/C17H23N3O2/c1-16(2)8-12(9-17(3,4)20-16)19-15(21)11-5-6-14-13(7-11)18-10-22-14/h5-7,10,12,20H,8-9H2,1-4H3,(H,19,21). The van der Waals surface area contributed by atoms with Crippen LogP contribution in [0.5, 0.6) is 0 Å². The van der Waals surface area contributed by atoms with Crippen LogP contribution in [0, 0.1) is 0 Å². The Morgan fingerprint density at radius 3 is 2.64 bits per heavy atom. The number of nitrogens with one attached hydrogen (secondary N) is 2. The molecule has 1 aromatic heterocycles. The van der Waals surface area contributed by atoms with Gasteiger partial charge in [0.2, 0.25) is 0 Å². The van der Waals surface area contributed by atoms with Gasteiger partial charge in [0.25, 0.3) is 5.91 Å². The second-order valence-electron chi connectivity index (χ2n) is 7.51. The molecular formula is C17H23N3O2. The smallest absolute Gasteiger partial charge is 0.251 e. The number of fused-ring (bicyclic) bond motifs is 1. The lowest BCUT2D eigenvalue weighted by molar-refractivity contribution is 0.0873. The molecular weight excluding hydrogens is 278 g/mol. The number of hydrogen-bond donors (Lipinski definition) is 2. The predicted octanol–water partition coefficient (Wildman–Crippen LogP) is 2.87. The number of carbonyl (C=O) groups is 1. The van der Waals surface area contributed by atoms with E-state index in [4.69, 9.17) is 4.42 Å². The molecule has 0 bridgehead atoms. The lowest BCUT2D eigenvalue weighted by Gasteiger charge is -2.46. The molecule has 118 valence electrons. The number of hydrogen-bond acceptors (Lipinski definition) is 4. The van der Waals surface area contributed by atoms with Crippen LogP contribution in [-0.2, 0) is 0 Å². The van der Waals surface area contributed by atoms with Gasteiger partial charge in [-0.15, -0.1) is 0 Å². The van der Waals surface area contributed by atoms with Crippen LogP contribution in [-0.4, -0.2) is 28.0 Å². The Bertz CT molecular complexity index is 687. The average molecular weight is 301 g/mol. The summed E-state index contributed by atoms with van der Waals surface area (Å²) < 4.78 is 5.21. The minimum absolute atomic E-state index is 0.00969. The number of carbonyl (C=O) groups excluding carboxylic acids is 1. The van der Waals surface area contributed by atoms with Gasteiger partial charge in [-0.25, -0.2) is 4.98 Å². The van der Waals surface area contributed by atoms with Crippen LogP contribution < -0.4 is 10.6 Å². The number of aromatic nitrogens is 1. The molecule has 22 heavy (non-hydrogen) atoms. The molecule has 2 aromatic rings. The molecule has 2 heterocycles. The van der Waals surface area contributed by atoms with Crippen molar-refractivity contribution in [2.45, 2.75) is 57.7 Å². The molecule has 1 amide bonds. The van der Waals surface area contributed by atoms with Gasteiger partial charge < -0.3 is 15.1 Å². The molecule has 1 aliphatic rings. The van der Waals surface area contributed by atoms with E-state index in [9.17, 15) is 4.79 Å². The zero-order chi connectivity index (χ0) is 16.0. The molecule has 1 fully saturated rings. The van der Waals surface area contributed by atoms with E-state index in [0.29, 0.717) is 16.7 Å². The molecule has 5 heteroatoms. The number of oxazole rings is 1. The van der Waals surface area contributed by atoms with E-state index >= 15 is 0 Å². The predicted molar refractivity (Wildman–Crippen MR) is 85.8 cm³/mol. The number of nitrogens with zero attached hydrogens (tertiary/aromatic N) is 1. The fourth-order valence-corrected chi connectivity index (χ4v) is 3.69. The van der Waals surface area contributed by atoms with Crippen molar-refractivity contribution in [1.82, 2.24) is 15.6 Å². The highest BCUT2D eigenvalue weighted by Gasteiger charge is 2.38. The summed E-state index contributed by atoms with van der Waals surface area (Å²) in [7, 11) is 0. The summed E-state index contributed by atoms with van der Waals surface area (Å²) in [5.74, 6) is -0.0524. The summed E-state index contributed by atoms with van der Waals surface area (Å²) in [6.45, 7) is 8.70. The summed E-state index contributed by atoms with van der Waals surface area (Å²) in [5.41, 5.74) is 2.04. The monoisotopic (exact) mass is 301 g/mol. The second kappa shape index (κ2) is 5.09. The Kier molecular flexibility index (Phi) is 3.48. The third kappa shape index (κ3) is 3.14. The van der Waals surface area contributed by atoms with E-state index < -0.39 is 0 Å². The topological polar surface area (TPSA) is 67.2 Å². The van der Waals surface area contributed by atoms with Crippen LogP contribution in [0.15, 0.2) is 29.0 Å². The summed E-state index contributed by atoms with van der Waals surface area (Å²) in [4.78, 5) is 16.6. The van der Waals surface area contributed by atoms with Gasteiger partial charge in [0.05, 0.1) is 0 Å². The van der Waals surface area contributed by atoms with Crippen molar-refractivity contribution in [3.05, 3.63) is 30.2 Å². The highest BCUT2D eigenvalue weighted by molar-refractivity contribution is 5.97. The minimum atomic E-state index is -0.0524. The van der Waals surface area contributed by atoms with E-state index in [1.807, 2.05) is 0 Å². The summed E-state index contributed by atoms with van der Waals surface area (Å²) >= 11 is 0. The SMILES string of the molecule is CC1(C)CC(NC(=O)c2ccc3ocnc3c2)CC(C)(C)N1. The first-order valence-electron chi connectivity index (χ1n) is 7.68. The Morgan fingerprint density at radius 2 is 1.95 bits per heavy atom. The van der Waals surface area contributed by atoms with Crippen molar-refractivity contribution in [3.8, 4) is 0 Å². The van der Waals surface area contributed by atoms with Gasteiger partial charge >= 0.3 is 0 Å². The van der Waals surface area contributed by atoms with Crippen LogP contribution in [0.3, 0.4) is 0 Å². The lowest BCUT2D eigenvalue weighted by Crippen LogP contribution is -2.62. The fourth-order valence-electron chi connectivity index (χ4n) is 3.69. The first-order valence-corrected chi connectivity index (χ1v) is 7.68. The number of amides is 1. The number of rotatable bonds is 2. The molecule has 0 aliphatic carbocycles. The largest absolute Gasteiger partial charge is 0.443 e. The Balaban J connectivity index is 1.75. The van der Waals surface area contributed by atoms with Gasteiger partial charge in [-0.3, -0.25) is 4.79 Å². The maximum absolute atomic E-state index is 12.5. The third-order valence-corrected chi connectivity index (χ3v) is 4.12. The second-order valence-corrected chi connectivity index (χ2v) is 7.51. The molecule has 2 N–H and O–H groups in total. The maximum atomic E-state index is 12.5. The van der Waals surface area contributed by atoms with Crippen molar-refractivity contribution >= 4 is 17.0 Å². The molecule has 0 unspecified atom stereocenters. The average Bonchev–Trinajstić information content (AvgIpc) is 2.81. The molecule has 0 radical (unpaired) electrons. The van der Waals surface area contributed by atoms with Gasteiger partial charge in [0.1, 0.15) is 5.52 Å². The molecule has 0 spiro atoms. The van der Waals surface area contributed by atoms with E-state index in [2.05, 4.69) is 43.3 Å². The van der Waals surface area contributed by atoms with E-state index in [0.717, 1.165) is 12.8 Å². The Labute approximate surface area is 130 Å². The Morgan fingerprint density at radius 1 is 1.27 bits per heavy atom. The van der Waals surface area contributed by atoms with Gasteiger partial charge in [0.15, 0.2) is 12.0 Å². The van der Waals surface area contributed by atoms with Crippen molar-refractivity contribution in [2.24, 2.45) is 0 Å². The van der Waals surface area contributed by atoms with Crippen molar-refractivity contribution in [1.29, 1.82) is 0 Å². The maximum Gasteiger partial charge on any atom is 0.251 e. The van der Waals surface area contributed by atoms with Gasteiger partial charge in [-0.05, 0) is 58.7 Å². The minimum Gasteiger partial charge on any atom is -0.443 e. The molecule has 0 atom stereocenters. The van der Waals surface area contributed by atoms with E-state index in [1.54, 1.807) is 18.2 Å². The normalized spacial score (nSPS) is 20.9. The highest BCUT2D eigenvalue weighted by atomic mass is 16.3. The number of piperidine rings is 1. The fraction of sp³-hybridized carbons (Fsp3) is 0.529. The van der Waals surface area contributed by atoms with Crippen molar-refractivity contribution in [3.63, 3.8) is 0 Å². The third-order valence-electron chi connectivity index (χ3n) is 4.12. The van der Waals surface area contributed by atoms with Gasteiger partial charge in [0, 0.05) is 22.7 Å². The van der Waals surface area contributed by atoms with Crippen molar-refractivity contribution < 1.29 is 9.21 Å². The zero-order valence-corrected chi connectivity index (χ0v) is 13.6. The highest BCUT2D eigenvalue weighted by Crippen LogP contribution is 2.28. The van der Waals surface area contributed by atoms with Gasteiger partial charge in [-0.1, -0.05) is 0 Å². The van der Waals surface area contributed by atoms with Crippen LogP contribution in [0.25, 0.3) is 11.1 Å². The number of benzene rings is 1. The molecule has 5 nitrogen and oxygen atoms in total. The summed E-state index contributed by atoms with van der Waals surface area (Å²) in [6.07, 6.45) is 3.22. The summed E-state index contributed by atoms with van der Waals surface area (Å²) in [6, 6.07) is 5.49. The first kappa shape index (κ1) is 15.0. The van der Waals surface area contributed by atoms with E-state index in [-0.39, 0.29) is 23.0 Å². The van der Waals surface area contributed by atoms with Crippen LogP contribution in [0.1, 0.15) is 50.9 Å². The molecule has 1 saturated heterocycles. The van der Waals surface area contributed by atoms with Crippen LogP contribution in [0.4, 0.5) is 0 Å². The van der Waals surface area contributed by atoms with Gasteiger partial charge in [-0.2, -0.15) is 0 Å². The Hall–Kier alpha value is -1.88.